The maximum atomic E-state index is 13.6. The molecule has 2 aromatic carbocycles. The number of aromatic nitrogens is 4. The largest absolute Gasteiger partial charge is 0.339 e. The van der Waals surface area contributed by atoms with Crippen LogP contribution in [0.3, 0.4) is 0 Å². The maximum absolute atomic E-state index is 13.6. The SMILES string of the molecule is Cc1ccc(-c2noc([C@H]3C[C@@H]3F)n2)cc1NC(=O)c1n[nH]c2ccc(F)cc12. The highest BCUT2D eigenvalue weighted by atomic mass is 19.1. The fraction of sp³-hybridized carbons (Fsp3) is 0.200. The zero-order chi connectivity index (χ0) is 20.1. The molecule has 2 atom stereocenters. The third kappa shape index (κ3) is 3.14. The van der Waals surface area contributed by atoms with Crippen molar-refractivity contribution in [2.24, 2.45) is 0 Å². The number of amides is 1. The minimum atomic E-state index is -0.926. The average molecular weight is 395 g/mol. The van der Waals surface area contributed by atoms with E-state index in [-0.39, 0.29) is 17.5 Å². The molecule has 1 fully saturated rings. The van der Waals surface area contributed by atoms with Crippen LogP contribution in [0.5, 0.6) is 0 Å². The summed E-state index contributed by atoms with van der Waals surface area (Å²) in [6.45, 7) is 1.83. The van der Waals surface area contributed by atoms with Gasteiger partial charge in [0.25, 0.3) is 5.91 Å². The molecular formula is C20H15F2N5O2. The molecule has 29 heavy (non-hydrogen) atoms. The van der Waals surface area contributed by atoms with E-state index in [1.165, 1.54) is 18.2 Å². The molecule has 0 spiro atoms. The fourth-order valence-corrected chi connectivity index (χ4v) is 3.16. The summed E-state index contributed by atoms with van der Waals surface area (Å²) in [6, 6.07) is 9.37. The van der Waals surface area contributed by atoms with Gasteiger partial charge in [0.05, 0.1) is 11.4 Å². The van der Waals surface area contributed by atoms with Crippen LogP contribution in [-0.4, -0.2) is 32.4 Å². The van der Waals surface area contributed by atoms with Crippen molar-refractivity contribution in [1.29, 1.82) is 0 Å². The van der Waals surface area contributed by atoms with E-state index >= 15 is 0 Å². The molecule has 146 valence electrons. The number of H-pyrrole nitrogens is 1. The first-order valence-corrected chi connectivity index (χ1v) is 9.03. The first-order chi connectivity index (χ1) is 14.0. The van der Waals surface area contributed by atoms with Crippen LogP contribution >= 0.6 is 0 Å². The van der Waals surface area contributed by atoms with Crippen molar-refractivity contribution in [3.8, 4) is 11.4 Å². The summed E-state index contributed by atoms with van der Waals surface area (Å²) in [5, 5.41) is 13.8. The Labute approximate surface area is 163 Å². The average Bonchev–Trinajstić information content (AvgIpc) is 3.10. The Morgan fingerprint density at radius 1 is 1.28 bits per heavy atom. The lowest BCUT2D eigenvalue weighted by molar-refractivity contribution is 0.102. The first kappa shape index (κ1) is 17.5. The van der Waals surface area contributed by atoms with Crippen LogP contribution in [0, 0.1) is 12.7 Å². The van der Waals surface area contributed by atoms with Crippen LogP contribution < -0.4 is 5.32 Å². The highest BCUT2D eigenvalue weighted by Crippen LogP contribution is 2.43. The lowest BCUT2D eigenvalue weighted by atomic mass is 10.1. The van der Waals surface area contributed by atoms with Gasteiger partial charge in [-0.2, -0.15) is 10.1 Å². The molecule has 5 rings (SSSR count). The molecule has 2 heterocycles. The fourth-order valence-electron chi connectivity index (χ4n) is 3.16. The van der Waals surface area contributed by atoms with Gasteiger partial charge in [-0.15, -0.1) is 0 Å². The van der Waals surface area contributed by atoms with Gasteiger partial charge in [0.15, 0.2) is 5.69 Å². The van der Waals surface area contributed by atoms with Crippen molar-refractivity contribution < 1.29 is 18.1 Å². The second-order valence-corrected chi connectivity index (χ2v) is 7.06. The van der Waals surface area contributed by atoms with Gasteiger partial charge in [0.1, 0.15) is 12.0 Å². The predicted octanol–water partition coefficient (Wildman–Crippen LogP) is 4.14. The maximum Gasteiger partial charge on any atom is 0.276 e. The quantitative estimate of drug-likeness (QED) is 0.541. The van der Waals surface area contributed by atoms with Crippen LogP contribution in [-0.2, 0) is 0 Å². The summed E-state index contributed by atoms with van der Waals surface area (Å²) in [7, 11) is 0. The molecule has 1 aliphatic rings. The Balaban J connectivity index is 1.43. The van der Waals surface area contributed by atoms with E-state index in [4.69, 9.17) is 4.52 Å². The van der Waals surface area contributed by atoms with Gasteiger partial charge in [-0.05, 0) is 43.2 Å². The number of carbonyl (C=O) groups excluding carboxylic acids is 1. The molecule has 2 aromatic heterocycles. The molecule has 1 aliphatic carbocycles. The molecule has 4 aromatic rings. The van der Waals surface area contributed by atoms with Crippen molar-refractivity contribution in [2.75, 3.05) is 5.32 Å². The van der Waals surface area contributed by atoms with Crippen molar-refractivity contribution in [3.63, 3.8) is 0 Å². The molecule has 0 unspecified atom stereocenters. The number of nitrogens with one attached hydrogen (secondary N) is 2. The number of fused-ring (bicyclic) bond motifs is 1. The molecule has 1 amide bonds. The van der Waals surface area contributed by atoms with Crippen LogP contribution in [0.15, 0.2) is 40.9 Å². The number of hydrogen-bond acceptors (Lipinski definition) is 5. The number of aryl methyl sites for hydroxylation is 1. The summed E-state index contributed by atoms with van der Waals surface area (Å²) >= 11 is 0. The zero-order valence-electron chi connectivity index (χ0n) is 15.2. The third-order valence-electron chi connectivity index (χ3n) is 4.96. The van der Waals surface area contributed by atoms with Gasteiger partial charge >= 0.3 is 0 Å². The number of rotatable bonds is 4. The van der Waals surface area contributed by atoms with Gasteiger partial charge in [-0.1, -0.05) is 17.3 Å². The highest BCUT2D eigenvalue weighted by molar-refractivity contribution is 6.11. The molecule has 0 radical (unpaired) electrons. The molecule has 9 heteroatoms. The van der Waals surface area contributed by atoms with E-state index in [1.54, 1.807) is 18.2 Å². The van der Waals surface area contributed by atoms with Crippen molar-refractivity contribution in [1.82, 2.24) is 20.3 Å². The second kappa shape index (κ2) is 6.47. The summed E-state index contributed by atoms with van der Waals surface area (Å²) in [4.78, 5) is 17.0. The minimum absolute atomic E-state index is 0.0915. The molecule has 2 N–H and O–H groups in total. The lowest BCUT2D eigenvalue weighted by Gasteiger charge is -2.08. The third-order valence-corrected chi connectivity index (χ3v) is 4.96. The van der Waals surface area contributed by atoms with Gasteiger partial charge in [0, 0.05) is 16.6 Å². The Bertz CT molecular complexity index is 1250. The van der Waals surface area contributed by atoms with Crippen molar-refractivity contribution in [2.45, 2.75) is 25.4 Å². The van der Waals surface area contributed by atoms with Crippen LogP contribution in [0.1, 0.15) is 34.3 Å². The topological polar surface area (TPSA) is 96.7 Å². The van der Waals surface area contributed by atoms with Gasteiger partial charge in [-0.25, -0.2) is 8.78 Å². The minimum Gasteiger partial charge on any atom is -0.339 e. The highest BCUT2D eigenvalue weighted by Gasteiger charge is 2.43. The molecule has 0 saturated heterocycles. The van der Waals surface area contributed by atoms with Crippen molar-refractivity contribution >= 4 is 22.5 Å². The van der Waals surface area contributed by atoms with Gasteiger partial charge in [-0.3, -0.25) is 9.89 Å². The Hall–Kier alpha value is -3.62. The van der Waals surface area contributed by atoms with Crippen LogP contribution in [0.25, 0.3) is 22.3 Å². The number of halogens is 2. The van der Waals surface area contributed by atoms with Gasteiger partial charge < -0.3 is 9.84 Å². The number of carbonyl (C=O) groups is 1. The summed E-state index contributed by atoms with van der Waals surface area (Å²) in [5.41, 5.74) is 2.61. The number of benzene rings is 2. The zero-order valence-corrected chi connectivity index (χ0v) is 15.2. The van der Waals surface area contributed by atoms with Gasteiger partial charge in [0.2, 0.25) is 11.7 Å². The lowest BCUT2D eigenvalue weighted by Crippen LogP contribution is -2.13. The molecule has 0 aliphatic heterocycles. The normalized spacial score (nSPS) is 18.2. The summed E-state index contributed by atoms with van der Waals surface area (Å²) in [5.74, 6) is -0.654. The van der Waals surface area contributed by atoms with E-state index in [1.807, 2.05) is 6.92 Å². The Morgan fingerprint density at radius 3 is 2.90 bits per heavy atom. The monoisotopic (exact) mass is 395 g/mol. The first-order valence-electron chi connectivity index (χ1n) is 9.03. The number of alkyl halides is 1. The Kier molecular flexibility index (Phi) is 3.90. The van der Waals surface area contributed by atoms with Crippen LogP contribution in [0.2, 0.25) is 0 Å². The standard InChI is InChI=1S/C20H15F2N5O2/c1-9-2-3-10(18-24-20(29-27-18)12-8-14(12)22)6-16(9)23-19(28)17-13-7-11(21)4-5-15(13)25-26-17/h2-7,12,14H,8H2,1H3,(H,23,28)(H,25,26)/t12-,14-/m0/s1. The van der Waals surface area contributed by atoms with Crippen molar-refractivity contribution in [3.05, 3.63) is 59.4 Å². The summed E-state index contributed by atoms with van der Waals surface area (Å²) in [6.07, 6.45) is -0.528. The van der Waals surface area contributed by atoms with Crippen LogP contribution in [0.4, 0.5) is 14.5 Å². The molecule has 7 nitrogen and oxygen atoms in total. The number of nitrogens with zero attached hydrogens (tertiary/aromatic N) is 3. The predicted molar refractivity (Wildman–Crippen MR) is 101 cm³/mol. The van der Waals surface area contributed by atoms with E-state index in [0.29, 0.717) is 34.4 Å². The second-order valence-electron chi connectivity index (χ2n) is 7.06. The number of hydrogen-bond donors (Lipinski definition) is 2. The summed E-state index contributed by atoms with van der Waals surface area (Å²) < 4.78 is 31.9. The molecule has 0 bridgehead atoms. The van der Waals surface area contributed by atoms with E-state index in [0.717, 1.165) is 5.56 Å². The van der Waals surface area contributed by atoms with E-state index < -0.39 is 17.9 Å². The van der Waals surface area contributed by atoms with E-state index in [2.05, 4.69) is 25.7 Å². The number of aromatic amines is 1. The Morgan fingerprint density at radius 2 is 2.10 bits per heavy atom. The molecule has 1 saturated carbocycles. The van der Waals surface area contributed by atoms with E-state index in [9.17, 15) is 13.6 Å². The molecular weight excluding hydrogens is 380 g/mol. The smallest absolute Gasteiger partial charge is 0.276 e. The number of anilines is 1.